The average molecular weight is 387 g/mol. The maximum absolute atomic E-state index is 12.6. The number of nitrogens with zero attached hydrogens (tertiary/aromatic N) is 3. The van der Waals surface area contributed by atoms with Crippen molar-refractivity contribution in [3.05, 3.63) is 17.0 Å². The molecule has 0 amide bonds. The van der Waals surface area contributed by atoms with Crippen molar-refractivity contribution >= 4 is 27.3 Å². The number of ether oxygens (including phenoxy) is 1. The third kappa shape index (κ3) is 4.72. The van der Waals surface area contributed by atoms with Crippen LogP contribution in [0.4, 0.5) is 0 Å². The Kier molecular flexibility index (Phi) is 6.32. The molecule has 0 radical (unpaired) electrons. The van der Waals surface area contributed by atoms with Gasteiger partial charge < -0.3 is 15.4 Å². The first kappa shape index (κ1) is 18.6. The number of nitrogens with two attached hydrogens (primary N) is 1. The fraction of sp³-hybridized carbons (Fsp3) is 0.688. The van der Waals surface area contributed by atoms with Gasteiger partial charge in [-0.3, -0.25) is 0 Å². The van der Waals surface area contributed by atoms with E-state index in [1.807, 2.05) is 6.07 Å². The molecule has 25 heavy (non-hydrogen) atoms. The van der Waals surface area contributed by atoms with Gasteiger partial charge in [-0.1, -0.05) is 12.8 Å². The van der Waals surface area contributed by atoms with E-state index in [-0.39, 0.29) is 0 Å². The van der Waals surface area contributed by atoms with Crippen molar-refractivity contribution in [2.24, 2.45) is 10.7 Å². The Morgan fingerprint density at radius 2 is 1.80 bits per heavy atom. The molecule has 3 heterocycles. The number of thiophene rings is 1. The van der Waals surface area contributed by atoms with E-state index in [0.717, 1.165) is 30.8 Å². The number of hydrogen-bond acceptors (Lipinski definition) is 5. The number of morpholine rings is 1. The van der Waals surface area contributed by atoms with Crippen molar-refractivity contribution < 1.29 is 13.2 Å². The van der Waals surface area contributed by atoms with Gasteiger partial charge in [0.05, 0.1) is 19.8 Å². The van der Waals surface area contributed by atoms with E-state index in [1.54, 1.807) is 6.07 Å². The summed E-state index contributed by atoms with van der Waals surface area (Å²) in [6.45, 7) is 4.06. The molecule has 3 rings (SSSR count). The quantitative estimate of drug-likeness (QED) is 0.625. The van der Waals surface area contributed by atoms with Crippen LogP contribution in [0.3, 0.4) is 0 Å². The lowest BCUT2D eigenvalue weighted by Crippen LogP contribution is -2.40. The van der Waals surface area contributed by atoms with Crippen LogP contribution in [0.2, 0.25) is 0 Å². The third-order valence-corrected chi connectivity index (χ3v) is 7.96. The molecule has 7 nitrogen and oxygen atoms in total. The molecule has 1 aromatic rings. The molecule has 0 unspecified atom stereocenters. The van der Waals surface area contributed by atoms with E-state index in [2.05, 4.69) is 9.89 Å². The first-order valence-electron chi connectivity index (χ1n) is 8.79. The molecule has 2 fully saturated rings. The summed E-state index contributed by atoms with van der Waals surface area (Å²) in [5.74, 6) is 0.563. The Morgan fingerprint density at radius 3 is 2.48 bits per heavy atom. The highest BCUT2D eigenvalue weighted by atomic mass is 32.2. The second-order valence-corrected chi connectivity index (χ2v) is 9.65. The van der Waals surface area contributed by atoms with Gasteiger partial charge >= 0.3 is 0 Å². The highest BCUT2D eigenvalue weighted by Gasteiger charge is 2.27. The summed E-state index contributed by atoms with van der Waals surface area (Å²) in [6, 6.07) is 3.50. The number of hydrogen-bond donors (Lipinski definition) is 1. The minimum Gasteiger partial charge on any atom is -0.379 e. The number of sulfonamides is 1. The van der Waals surface area contributed by atoms with Gasteiger partial charge in [0.25, 0.3) is 10.0 Å². The van der Waals surface area contributed by atoms with E-state index in [0.29, 0.717) is 43.0 Å². The van der Waals surface area contributed by atoms with Crippen molar-refractivity contribution in [2.45, 2.75) is 36.4 Å². The van der Waals surface area contributed by atoms with Crippen molar-refractivity contribution in [3.63, 3.8) is 0 Å². The highest BCUT2D eigenvalue weighted by Crippen LogP contribution is 2.26. The van der Waals surface area contributed by atoms with Crippen molar-refractivity contribution in [3.8, 4) is 0 Å². The molecule has 2 N–H and O–H groups in total. The van der Waals surface area contributed by atoms with Crippen LogP contribution in [0.5, 0.6) is 0 Å². The lowest BCUT2D eigenvalue weighted by Gasteiger charge is -2.25. The number of likely N-dealkylation sites (tertiary alicyclic amines) is 1. The van der Waals surface area contributed by atoms with E-state index < -0.39 is 10.0 Å². The zero-order valence-corrected chi connectivity index (χ0v) is 16.0. The van der Waals surface area contributed by atoms with Crippen LogP contribution in [0, 0.1) is 0 Å². The van der Waals surface area contributed by atoms with Gasteiger partial charge in [0, 0.05) is 31.1 Å². The smallest absolute Gasteiger partial charge is 0.252 e. The summed E-state index contributed by atoms with van der Waals surface area (Å²) in [5.41, 5.74) is 6.12. The molecular formula is C16H26N4O3S2. The summed E-state index contributed by atoms with van der Waals surface area (Å²) in [5, 5.41) is 0. The topological polar surface area (TPSA) is 88.2 Å². The van der Waals surface area contributed by atoms with Crippen LogP contribution in [-0.2, 0) is 21.3 Å². The largest absolute Gasteiger partial charge is 0.379 e. The monoisotopic (exact) mass is 386 g/mol. The third-order valence-electron chi connectivity index (χ3n) is 4.53. The normalized spacial score (nSPS) is 21.3. The lowest BCUT2D eigenvalue weighted by molar-refractivity contribution is 0.0731. The van der Waals surface area contributed by atoms with Crippen LogP contribution in [0.25, 0.3) is 0 Å². The number of aliphatic imine (C=N–C) groups is 1. The second kappa shape index (κ2) is 8.48. The van der Waals surface area contributed by atoms with Gasteiger partial charge in [-0.2, -0.15) is 4.31 Å². The fourth-order valence-corrected chi connectivity index (χ4v) is 5.90. The predicted octanol–water partition coefficient (Wildman–Crippen LogP) is 1.46. The molecule has 0 aliphatic carbocycles. The molecular weight excluding hydrogens is 360 g/mol. The molecule has 0 saturated carbocycles. The minimum atomic E-state index is -3.42. The van der Waals surface area contributed by atoms with Gasteiger partial charge in [-0.25, -0.2) is 13.4 Å². The van der Waals surface area contributed by atoms with Gasteiger partial charge in [0.1, 0.15) is 4.21 Å². The molecule has 1 aromatic heterocycles. The summed E-state index contributed by atoms with van der Waals surface area (Å²) in [6.07, 6.45) is 4.79. The highest BCUT2D eigenvalue weighted by molar-refractivity contribution is 7.91. The van der Waals surface area contributed by atoms with Crippen LogP contribution in [0.1, 0.15) is 30.6 Å². The van der Waals surface area contributed by atoms with E-state index in [4.69, 9.17) is 10.5 Å². The molecule has 2 aliphatic heterocycles. The standard InChI is InChI=1S/C16H26N4O3S2/c17-16(19-7-3-1-2-4-8-19)18-13-14-5-6-15(24-14)25(21,22)20-9-11-23-12-10-20/h5-6H,1-4,7-13H2,(H2,17,18). The zero-order chi connectivity index (χ0) is 17.7. The first-order chi connectivity index (χ1) is 12.1. The second-order valence-electron chi connectivity index (χ2n) is 6.31. The van der Waals surface area contributed by atoms with Gasteiger partial charge in [-0.05, 0) is 25.0 Å². The lowest BCUT2D eigenvalue weighted by atomic mass is 10.2. The SMILES string of the molecule is NC(=NCc1ccc(S(=O)(=O)N2CCOCC2)s1)N1CCCCCC1. The summed E-state index contributed by atoms with van der Waals surface area (Å²) < 4.78 is 32.4. The molecule has 0 bridgehead atoms. The van der Waals surface area contributed by atoms with Gasteiger partial charge in [-0.15, -0.1) is 11.3 Å². The van der Waals surface area contributed by atoms with Crippen molar-refractivity contribution in [1.82, 2.24) is 9.21 Å². The van der Waals surface area contributed by atoms with Crippen LogP contribution < -0.4 is 5.73 Å². The Bertz CT molecular complexity index is 688. The molecule has 0 spiro atoms. The predicted molar refractivity (Wildman–Crippen MR) is 99.3 cm³/mol. The van der Waals surface area contributed by atoms with Crippen molar-refractivity contribution in [2.75, 3.05) is 39.4 Å². The Balaban J connectivity index is 1.63. The molecule has 2 saturated heterocycles. The van der Waals surface area contributed by atoms with E-state index >= 15 is 0 Å². The zero-order valence-electron chi connectivity index (χ0n) is 14.4. The minimum absolute atomic E-state index is 0.368. The molecule has 0 aromatic carbocycles. The van der Waals surface area contributed by atoms with Crippen LogP contribution >= 0.6 is 11.3 Å². The van der Waals surface area contributed by atoms with Gasteiger partial charge in [0.15, 0.2) is 5.96 Å². The van der Waals surface area contributed by atoms with E-state index in [1.165, 1.54) is 28.5 Å². The maximum atomic E-state index is 12.6. The number of guanidine groups is 1. The average Bonchev–Trinajstić information content (AvgIpc) is 2.95. The fourth-order valence-electron chi connectivity index (χ4n) is 3.05. The molecule has 2 aliphatic rings. The summed E-state index contributed by atoms with van der Waals surface area (Å²) in [4.78, 5) is 7.51. The van der Waals surface area contributed by atoms with Gasteiger partial charge in [0.2, 0.25) is 0 Å². The Labute approximate surface area is 153 Å². The van der Waals surface area contributed by atoms with Crippen LogP contribution in [0.15, 0.2) is 21.3 Å². The summed E-state index contributed by atoms with van der Waals surface area (Å²) in [7, 11) is -3.42. The number of rotatable bonds is 4. The maximum Gasteiger partial charge on any atom is 0.252 e. The molecule has 140 valence electrons. The Hall–Kier alpha value is -1.16. The van der Waals surface area contributed by atoms with Crippen molar-refractivity contribution in [1.29, 1.82) is 0 Å². The van der Waals surface area contributed by atoms with Crippen LogP contribution in [-0.4, -0.2) is 63.0 Å². The van der Waals surface area contributed by atoms with E-state index in [9.17, 15) is 8.42 Å². The Morgan fingerprint density at radius 1 is 1.12 bits per heavy atom. The molecule has 9 heteroatoms. The summed E-state index contributed by atoms with van der Waals surface area (Å²) >= 11 is 1.27. The molecule has 0 atom stereocenters. The first-order valence-corrected chi connectivity index (χ1v) is 11.0.